The molecular weight excluding hydrogens is 208 g/mol. The van der Waals surface area contributed by atoms with Crippen LogP contribution in [0.1, 0.15) is 0 Å². The minimum Gasteiger partial charge on any atom is -0.382 e. The monoisotopic (exact) mass is 222 g/mol. The fourth-order valence-corrected chi connectivity index (χ4v) is 1.44. The van der Waals surface area contributed by atoms with E-state index in [0.29, 0.717) is 18.1 Å². The third kappa shape index (κ3) is 2.10. The lowest BCUT2D eigenvalue weighted by Crippen LogP contribution is -2.21. The smallest absolute Gasteiger partial charge is 0.165 e. The van der Waals surface area contributed by atoms with E-state index >= 15 is 0 Å². The van der Waals surface area contributed by atoms with Crippen molar-refractivity contribution < 1.29 is 4.74 Å². The first-order valence-electron chi connectivity index (χ1n) is 4.94. The molecule has 0 aromatic carbocycles. The number of aromatic nitrogens is 4. The first-order valence-corrected chi connectivity index (χ1v) is 4.94. The molecule has 0 saturated heterocycles. The van der Waals surface area contributed by atoms with Gasteiger partial charge in [-0.25, -0.2) is 15.0 Å². The van der Waals surface area contributed by atoms with Crippen molar-refractivity contribution in [2.24, 2.45) is 0 Å². The second-order valence-corrected chi connectivity index (χ2v) is 3.30. The van der Waals surface area contributed by atoms with Crippen LogP contribution in [0.5, 0.6) is 0 Å². The summed E-state index contributed by atoms with van der Waals surface area (Å²) in [6, 6.07) is 0. The highest BCUT2D eigenvalue weighted by Gasteiger charge is 2.06. The molecule has 0 unspecified atom stereocenters. The van der Waals surface area contributed by atoms with E-state index in [1.54, 1.807) is 13.4 Å². The molecule has 2 aromatic rings. The normalized spacial score (nSPS) is 11.1. The van der Waals surface area contributed by atoms with E-state index in [1.165, 1.54) is 6.33 Å². The van der Waals surface area contributed by atoms with Gasteiger partial charge >= 0.3 is 0 Å². The second-order valence-electron chi connectivity index (χ2n) is 3.30. The molecule has 2 heterocycles. The number of nitrogen functional groups attached to an aromatic ring is 1. The molecule has 0 atom stereocenters. The molecule has 0 amide bonds. The van der Waals surface area contributed by atoms with E-state index in [-0.39, 0.29) is 0 Å². The molecule has 16 heavy (non-hydrogen) atoms. The number of fused-ring (bicyclic) bond motifs is 1. The minimum absolute atomic E-state index is 0.411. The zero-order chi connectivity index (χ0) is 11.4. The third-order valence-electron chi connectivity index (χ3n) is 2.21. The molecule has 2 rings (SSSR count). The van der Waals surface area contributed by atoms with Crippen LogP contribution in [-0.4, -0.2) is 39.9 Å². The van der Waals surface area contributed by atoms with E-state index in [4.69, 9.17) is 10.5 Å². The fraction of sp³-hybridized carbons (Fsp3) is 0.444. The van der Waals surface area contributed by atoms with Crippen molar-refractivity contribution in [1.82, 2.24) is 24.8 Å². The van der Waals surface area contributed by atoms with Gasteiger partial charge in [-0.05, 0) is 0 Å². The van der Waals surface area contributed by atoms with Crippen LogP contribution in [0.15, 0.2) is 12.7 Å². The maximum atomic E-state index is 5.68. The van der Waals surface area contributed by atoms with Crippen molar-refractivity contribution >= 4 is 17.0 Å². The average Bonchev–Trinajstić information content (AvgIpc) is 2.70. The van der Waals surface area contributed by atoms with Crippen molar-refractivity contribution in [2.45, 2.75) is 6.54 Å². The van der Waals surface area contributed by atoms with Gasteiger partial charge in [0.05, 0.1) is 13.1 Å². The van der Waals surface area contributed by atoms with Crippen LogP contribution in [0.3, 0.4) is 0 Å². The highest BCUT2D eigenvalue weighted by Crippen LogP contribution is 2.13. The Hall–Kier alpha value is -1.73. The molecule has 2 aromatic heterocycles. The van der Waals surface area contributed by atoms with Crippen molar-refractivity contribution in [3.8, 4) is 0 Å². The van der Waals surface area contributed by atoms with Gasteiger partial charge in [-0.15, -0.1) is 0 Å². The predicted octanol–water partition coefficient (Wildman–Crippen LogP) is -0.398. The second kappa shape index (κ2) is 4.86. The molecule has 3 N–H and O–H groups in total. The number of nitrogens with zero attached hydrogens (tertiary/aromatic N) is 4. The molecule has 7 nitrogen and oxygen atoms in total. The van der Waals surface area contributed by atoms with E-state index in [0.717, 1.165) is 18.7 Å². The van der Waals surface area contributed by atoms with Gasteiger partial charge in [-0.2, -0.15) is 0 Å². The number of hydrogen-bond donors (Lipinski definition) is 2. The number of nitrogens with two attached hydrogens (primary N) is 1. The third-order valence-corrected chi connectivity index (χ3v) is 2.21. The van der Waals surface area contributed by atoms with Crippen LogP contribution in [0.4, 0.5) is 5.82 Å². The summed E-state index contributed by atoms with van der Waals surface area (Å²) < 4.78 is 6.81. The molecule has 0 bridgehead atoms. The summed E-state index contributed by atoms with van der Waals surface area (Å²) in [5.41, 5.74) is 7.09. The molecule has 7 heteroatoms. The number of rotatable bonds is 5. The summed E-state index contributed by atoms with van der Waals surface area (Å²) >= 11 is 0. The largest absolute Gasteiger partial charge is 0.382 e. The summed E-state index contributed by atoms with van der Waals surface area (Å²) in [6.07, 6.45) is 3.16. The topological polar surface area (TPSA) is 90.9 Å². The molecule has 0 aliphatic carbocycles. The average molecular weight is 222 g/mol. The van der Waals surface area contributed by atoms with Crippen LogP contribution < -0.4 is 11.1 Å². The van der Waals surface area contributed by atoms with Crippen LogP contribution in [0.25, 0.3) is 11.2 Å². The number of nitrogens with one attached hydrogen (secondary N) is 1. The zero-order valence-electron chi connectivity index (χ0n) is 9.05. The molecule has 0 aliphatic rings. The summed E-state index contributed by atoms with van der Waals surface area (Å²) in [5, 5.41) is 3.11. The van der Waals surface area contributed by atoms with Crippen LogP contribution in [0, 0.1) is 0 Å². The van der Waals surface area contributed by atoms with Crippen LogP contribution in [-0.2, 0) is 11.3 Å². The maximum absolute atomic E-state index is 5.68. The molecular formula is C9H14N6O. The first-order chi connectivity index (χ1) is 7.83. The molecule has 0 radical (unpaired) electrons. The Balaban J connectivity index is 2.10. The lowest BCUT2D eigenvalue weighted by atomic mass is 10.5. The maximum Gasteiger partial charge on any atom is 0.165 e. The Morgan fingerprint density at radius 1 is 1.44 bits per heavy atom. The van der Waals surface area contributed by atoms with E-state index in [2.05, 4.69) is 20.3 Å². The van der Waals surface area contributed by atoms with Gasteiger partial charge in [0.2, 0.25) is 0 Å². The lowest BCUT2D eigenvalue weighted by molar-refractivity contribution is 0.174. The van der Waals surface area contributed by atoms with Crippen molar-refractivity contribution in [1.29, 1.82) is 0 Å². The van der Waals surface area contributed by atoms with Gasteiger partial charge < -0.3 is 15.0 Å². The number of ether oxygens (including phenoxy) is 1. The van der Waals surface area contributed by atoms with Gasteiger partial charge in [-0.1, -0.05) is 0 Å². The van der Waals surface area contributed by atoms with E-state index in [1.807, 2.05) is 4.57 Å². The van der Waals surface area contributed by atoms with Gasteiger partial charge in [0.25, 0.3) is 0 Å². The van der Waals surface area contributed by atoms with E-state index < -0.39 is 0 Å². The summed E-state index contributed by atoms with van der Waals surface area (Å²) in [7, 11) is 1.65. The molecule has 86 valence electrons. The standard InChI is InChI=1S/C9H14N6O/c1-16-6-11-2-3-15-5-14-7-8(10)12-4-13-9(7)15/h4-5,11H,2-3,6H2,1H3,(H2,10,12,13). The lowest BCUT2D eigenvalue weighted by Gasteiger charge is -2.04. The Bertz CT molecular complexity index is 468. The Labute approximate surface area is 92.7 Å². The summed E-state index contributed by atoms with van der Waals surface area (Å²) in [6.45, 7) is 2.07. The highest BCUT2D eigenvalue weighted by molar-refractivity contribution is 5.80. The Morgan fingerprint density at radius 2 is 2.31 bits per heavy atom. The van der Waals surface area contributed by atoms with Gasteiger partial charge in [0.15, 0.2) is 11.5 Å². The number of imidazole rings is 1. The summed E-state index contributed by atoms with van der Waals surface area (Å²) in [4.78, 5) is 12.2. The SMILES string of the molecule is COCNCCn1cnc2c(N)ncnc21. The minimum atomic E-state index is 0.411. The highest BCUT2D eigenvalue weighted by atomic mass is 16.5. The number of anilines is 1. The molecule has 0 aliphatic heterocycles. The van der Waals surface area contributed by atoms with Crippen molar-refractivity contribution in [3.05, 3.63) is 12.7 Å². The number of methoxy groups -OCH3 is 1. The molecule has 0 fully saturated rings. The predicted molar refractivity (Wildman–Crippen MR) is 59.6 cm³/mol. The Morgan fingerprint density at radius 3 is 3.12 bits per heavy atom. The first kappa shape index (κ1) is 10.8. The summed E-state index contributed by atoms with van der Waals surface area (Å²) in [5.74, 6) is 0.411. The van der Waals surface area contributed by atoms with Gasteiger partial charge in [0, 0.05) is 20.2 Å². The molecule has 0 saturated carbocycles. The van der Waals surface area contributed by atoms with Crippen LogP contribution >= 0.6 is 0 Å². The molecule has 0 spiro atoms. The van der Waals surface area contributed by atoms with Crippen molar-refractivity contribution in [3.63, 3.8) is 0 Å². The number of hydrogen-bond acceptors (Lipinski definition) is 6. The van der Waals surface area contributed by atoms with Gasteiger partial charge in [0.1, 0.15) is 11.8 Å². The van der Waals surface area contributed by atoms with Gasteiger partial charge in [-0.3, -0.25) is 5.32 Å². The fourth-order valence-electron chi connectivity index (χ4n) is 1.44. The zero-order valence-corrected chi connectivity index (χ0v) is 9.05. The quantitative estimate of drug-likeness (QED) is 0.528. The van der Waals surface area contributed by atoms with Crippen molar-refractivity contribution in [2.75, 3.05) is 26.1 Å². The Kier molecular flexibility index (Phi) is 3.28. The van der Waals surface area contributed by atoms with E-state index in [9.17, 15) is 0 Å². The van der Waals surface area contributed by atoms with Crippen LogP contribution in [0.2, 0.25) is 0 Å².